The van der Waals surface area contributed by atoms with E-state index in [0.29, 0.717) is 16.8 Å². The standard InChI is InChI=1S/C17H16N4OS/c22-16-15(8-14-9-18-12-19-10-14)11-21(17(23)20-16)7-6-13-4-2-1-3-5-13/h1-5,9-12H,6-8H2,(H,20,22,23). The highest BCUT2D eigenvalue weighted by Crippen LogP contribution is 2.05. The van der Waals surface area contributed by atoms with E-state index in [9.17, 15) is 4.79 Å². The fourth-order valence-corrected chi connectivity index (χ4v) is 2.62. The van der Waals surface area contributed by atoms with Crippen LogP contribution in [-0.2, 0) is 19.4 Å². The van der Waals surface area contributed by atoms with Gasteiger partial charge in [0.15, 0.2) is 4.77 Å². The fraction of sp³-hybridized carbons (Fsp3) is 0.176. The quantitative estimate of drug-likeness (QED) is 0.733. The van der Waals surface area contributed by atoms with Crippen molar-refractivity contribution in [2.75, 3.05) is 0 Å². The minimum atomic E-state index is -0.158. The van der Waals surface area contributed by atoms with Crippen LogP contribution in [0.25, 0.3) is 0 Å². The lowest BCUT2D eigenvalue weighted by atomic mass is 10.1. The molecule has 23 heavy (non-hydrogen) atoms. The van der Waals surface area contributed by atoms with Crippen molar-refractivity contribution in [3.8, 4) is 0 Å². The van der Waals surface area contributed by atoms with Gasteiger partial charge in [-0.3, -0.25) is 9.78 Å². The Hall–Kier alpha value is -2.60. The van der Waals surface area contributed by atoms with Gasteiger partial charge in [0.2, 0.25) is 0 Å². The number of hydrogen-bond donors (Lipinski definition) is 1. The molecular formula is C17H16N4OS. The number of nitrogens with one attached hydrogen (secondary N) is 1. The average molecular weight is 324 g/mol. The molecule has 3 aromatic rings. The summed E-state index contributed by atoms with van der Waals surface area (Å²) in [7, 11) is 0. The van der Waals surface area contributed by atoms with Crippen molar-refractivity contribution in [2.24, 2.45) is 0 Å². The van der Waals surface area contributed by atoms with Crippen LogP contribution >= 0.6 is 12.2 Å². The average Bonchev–Trinajstić information content (AvgIpc) is 2.58. The molecule has 0 atom stereocenters. The van der Waals surface area contributed by atoms with Crippen molar-refractivity contribution >= 4 is 12.2 Å². The molecule has 0 saturated carbocycles. The first kappa shape index (κ1) is 15.3. The lowest BCUT2D eigenvalue weighted by molar-refractivity contribution is 0.655. The molecule has 0 fully saturated rings. The Morgan fingerprint density at radius 3 is 2.57 bits per heavy atom. The second-order valence-electron chi connectivity index (χ2n) is 5.27. The maximum absolute atomic E-state index is 12.1. The van der Waals surface area contributed by atoms with Crippen molar-refractivity contribution in [1.82, 2.24) is 19.5 Å². The highest BCUT2D eigenvalue weighted by Gasteiger charge is 2.05. The smallest absolute Gasteiger partial charge is 0.255 e. The first-order valence-electron chi connectivity index (χ1n) is 7.33. The van der Waals surface area contributed by atoms with Gasteiger partial charge in [-0.25, -0.2) is 9.97 Å². The van der Waals surface area contributed by atoms with Crippen LogP contribution in [0.2, 0.25) is 0 Å². The van der Waals surface area contributed by atoms with E-state index in [0.717, 1.165) is 18.5 Å². The summed E-state index contributed by atoms with van der Waals surface area (Å²) in [5, 5.41) is 0. The van der Waals surface area contributed by atoms with Crippen LogP contribution in [-0.4, -0.2) is 19.5 Å². The molecule has 0 saturated heterocycles. The van der Waals surface area contributed by atoms with Crippen LogP contribution in [0.3, 0.4) is 0 Å². The summed E-state index contributed by atoms with van der Waals surface area (Å²) in [5.74, 6) is 0. The van der Waals surface area contributed by atoms with Crippen LogP contribution in [0.5, 0.6) is 0 Å². The molecule has 0 radical (unpaired) electrons. The van der Waals surface area contributed by atoms with Crippen molar-refractivity contribution in [3.05, 3.63) is 87.1 Å². The molecule has 0 aliphatic rings. The second-order valence-corrected chi connectivity index (χ2v) is 5.65. The molecule has 0 aliphatic carbocycles. The molecular weight excluding hydrogens is 308 g/mol. The van der Waals surface area contributed by atoms with Gasteiger partial charge in [-0.15, -0.1) is 0 Å². The van der Waals surface area contributed by atoms with Crippen LogP contribution in [0.4, 0.5) is 0 Å². The molecule has 116 valence electrons. The zero-order valence-electron chi connectivity index (χ0n) is 12.5. The molecule has 1 N–H and O–H groups in total. The van der Waals surface area contributed by atoms with Crippen LogP contribution in [0.1, 0.15) is 16.7 Å². The molecule has 2 heterocycles. The Labute approximate surface area is 138 Å². The van der Waals surface area contributed by atoms with Gasteiger partial charge in [-0.05, 0) is 29.8 Å². The molecule has 2 aromatic heterocycles. The van der Waals surface area contributed by atoms with Gasteiger partial charge in [-0.1, -0.05) is 30.3 Å². The normalized spacial score (nSPS) is 10.6. The van der Waals surface area contributed by atoms with Gasteiger partial charge in [0.25, 0.3) is 5.56 Å². The van der Waals surface area contributed by atoms with E-state index in [1.165, 1.54) is 11.9 Å². The molecule has 3 rings (SSSR count). The third-order valence-electron chi connectivity index (χ3n) is 3.58. The topological polar surface area (TPSA) is 63.6 Å². The summed E-state index contributed by atoms with van der Waals surface area (Å²) < 4.78 is 2.35. The highest BCUT2D eigenvalue weighted by atomic mass is 32.1. The van der Waals surface area contributed by atoms with Gasteiger partial charge >= 0.3 is 0 Å². The summed E-state index contributed by atoms with van der Waals surface area (Å²) in [5.41, 5.74) is 2.62. The Morgan fingerprint density at radius 1 is 1.09 bits per heavy atom. The summed E-state index contributed by atoms with van der Waals surface area (Å²) in [6.07, 6.45) is 8.06. The van der Waals surface area contributed by atoms with E-state index >= 15 is 0 Å². The molecule has 6 heteroatoms. The third-order valence-corrected chi connectivity index (χ3v) is 3.91. The number of aromatic amines is 1. The van der Waals surface area contributed by atoms with Crippen molar-refractivity contribution in [3.63, 3.8) is 0 Å². The maximum Gasteiger partial charge on any atom is 0.255 e. The second kappa shape index (κ2) is 7.11. The first-order valence-corrected chi connectivity index (χ1v) is 7.73. The fourth-order valence-electron chi connectivity index (χ4n) is 2.38. The summed E-state index contributed by atoms with van der Waals surface area (Å²) in [6.45, 7) is 0.720. The van der Waals surface area contributed by atoms with Crippen molar-refractivity contribution < 1.29 is 0 Å². The number of benzene rings is 1. The monoisotopic (exact) mass is 324 g/mol. The molecule has 0 amide bonds. The van der Waals surface area contributed by atoms with E-state index in [2.05, 4.69) is 27.1 Å². The maximum atomic E-state index is 12.1. The van der Waals surface area contributed by atoms with Gasteiger partial charge in [0.05, 0.1) is 0 Å². The zero-order valence-corrected chi connectivity index (χ0v) is 13.3. The van der Waals surface area contributed by atoms with Gasteiger partial charge in [-0.2, -0.15) is 0 Å². The minimum absolute atomic E-state index is 0.158. The van der Waals surface area contributed by atoms with E-state index in [1.54, 1.807) is 12.4 Å². The lowest BCUT2D eigenvalue weighted by Gasteiger charge is -2.09. The molecule has 0 aliphatic heterocycles. The predicted molar refractivity (Wildman–Crippen MR) is 90.9 cm³/mol. The Balaban J connectivity index is 1.82. The third kappa shape index (κ3) is 3.98. The highest BCUT2D eigenvalue weighted by molar-refractivity contribution is 7.71. The number of aromatic nitrogens is 4. The Kier molecular flexibility index (Phi) is 4.73. The van der Waals surface area contributed by atoms with Crippen LogP contribution in [0.15, 0.2) is 60.0 Å². The van der Waals surface area contributed by atoms with E-state index in [1.807, 2.05) is 29.0 Å². The van der Waals surface area contributed by atoms with Crippen LogP contribution < -0.4 is 5.56 Å². The minimum Gasteiger partial charge on any atom is -0.325 e. The van der Waals surface area contributed by atoms with E-state index in [4.69, 9.17) is 12.2 Å². The molecule has 0 bridgehead atoms. The summed E-state index contributed by atoms with van der Waals surface area (Å²) in [4.78, 5) is 22.8. The SMILES string of the molecule is O=c1[nH]c(=S)n(CCc2ccccc2)cc1Cc1cncnc1. The first-order chi connectivity index (χ1) is 11.2. The summed E-state index contributed by atoms with van der Waals surface area (Å²) in [6, 6.07) is 10.2. The summed E-state index contributed by atoms with van der Waals surface area (Å²) >= 11 is 5.26. The largest absolute Gasteiger partial charge is 0.325 e. The van der Waals surface area contributed by atoms with Gasteiger partial charge in [0, 0.05) is 37.1 Å². The number of nitrogens with zero attached hydrogens (tertiary/aromatic N) is 3. The Bertz CT molecular complexity index is 888. The molecule has 5 nitrogen and oxygen atoms in total. The van der Waals surface area contributed by atoms with Crippen molar-refractivity contribution in [2.45, 2.75) is 19.4 Å². The van der Waals surface area contributed by atoms with Crippen molar-refractivity contribution in [1.29, 1.82) is 0 Å². The predicted octanol–water partition coefficient (Wildman–Crippen LogP) is 2.53. The number of H-pyrrole nitrogens is 1. The molecule has 1 aromatic carbocycles. The number of rotatable bonds is 5. The zero-order chi connectivity index (χ0) is 16.1. The number of aryl methyl sites for hydroxylation is 2. The molecule has 0 unspecified atom stereocenters. The van der Waals surface area contributed by atoms with E-state index < -0.39 is 0 Å². The van der Waals surface area contributed by atoms with Gasteiger partial charge in [0.1, 0.15) is 6.33 Å². The van der Waals surface area contributed by atoms with Gasteiger partial charge < -0.3 is 4.57 Å². The Morgan fingerprint density at radius 2 is 1.83 bits per heavy atom. The number of hydrogen-bond acceptors (Lipinski definition) is 4. The van der Waals surface area contributed by atoms with Crippen LogP contribution in [0, 0.1) is 4.77 Å². The lowest BCUT2D eigenvalue weighted by Crippen LogP contribution is -2.19. The van der Waals surface area contributed by atoms with E-state index in [-0.39, 0.29) is 5.56 Å². The molecule has 0 spiro atoms.